The molecule has 100 valence electrons. The van der Waals surface area contributed by atoms with Gasteiger partial charge in [0.15, 0.2) is 0 Å². The molecule has 2 aromatic rings. The fraction of sp³-hybridized carbons (Fsp3) is 0.200. The van der Waals surface area contributed by atoms with E-state index in [0.29, 0.717) is 17.1 Å². The molecule has 0 radical (unpaired) electrons. The average molecular weight is 282 g/mol. The van der Waals surface area contributed by atoms with Crippen LogP contribution < -0.4 is 5.32 Å². The summed E-state index contributed by atoms with van der Waals surface area (Å²) in [5.74, 6) is -0.599. The number of hydrogen-bond donors (Lipinski definition) is 1. The van der Waals surface area contributed by atoms with E-state index in [9.17, 15) is 8.78 Å². The summed E-state index contributed by atoms with van der Waals surface area (Å²) in [6, 6.07) is 10.6. The van der Waals surface area contributed by atoms with Gasteiger partial charge >= 0.3 is 0 Å². The minimum Gasteiger partial charge on any atom is -0.381 e. The third kappa shape index (κ3) is 3.93. The summed E-state index contributed by atoms with van der Waals surface area (Å²) >= 11 is 5.98. The highest BCUT2D eigenvalue weighted by molar-refractivity contribution is 6.33. The molecule has 0 aliphatic carbocycles. The van der Waals surface area contributed by atoms with Gasteiger partial charge in [0.2, 0.25) is 0 Å². The first-order valence-electron chi connectivity index (χ1n) is 6.00. The van der Waals surface area contributed by atoms with Crippen molar-refractivity contribution in [3.05, 3.63) is 64.7 Å². The molecule has 0 spiro atoms. The minimum atomic E-state index is -0.343. The maximum absolute atomic E-state index is 13.1. The standard InChI is InChI=1S/C15H14ClF2N/c1-10(7-11-3-2-4-12(17)8-11)19-15-9-13(18)5-6-14(15)16/h2-6,8-10,19H,7H2,1H3. The van der Waals surface area contributed by atoms with Crippen molar-refractivity contribution in [3.8, 4) is 0 Å². The summed E-state index contributed by atoms with van der Waals surface area (Å²) < 4.78 is 26.2. The second-order valence-electron chi connectivity index (χ2n) is 4.50. The third-order valence-electron chi connectivity index (χ3n) is 2.76. The van der Waals surface area contributed by atoms with E-state index in [4.69, 9.17) is 11.6 Å². The summed E-state index contributed by atoms with van der Waals surface area (Å²) in [5.41, 5.74) is 1.43. The smallest absolute Gasteiger partial charge is 0.125 e. The van der Waals surface area contributed by atoms with E-state index in [1.807, 2.05) is 13.0 Å². The number of nitrogens with one attached hydrogen (secondary N) is 1. The largest absolute Gasteiger partial charge is 0.381 e. The predicted molar refractivity (Wildman–Crippen MR) is 74.6 cm³/mol. The van der Waals surface area contributed by atoms with Gasteiger partial charge in [0, 0.05) is 6.04 Å². The van der Waals surface area contributed by atoms with Crippen molar-refractivity contribution < 1.29 is 8.78 Å². The highest BCUT2D eigenvalue weighted by atomic mass is 35.5. The van der Waals surface area contributed by atoms with Crippen LogP contribution in [0.2, 0.25) is 5.02 Å². The van der Waals surface area contributed by atoms with E-state index < -0.39 is 0 Å². The first-order chi connectivity index (χ1) is 9.04. The number of rotatable bonds is 4. The van der Waals surface area contributed by atoms with Gasteiger partial charge in [-0.1, -0.05) is 23.7 Å². The van der Waals surface area contributed by atoms with Gasteiger partial charge < -0.3 is 5.32 Å². The Hall–Kier alpha value is -1.61. The first kappa shape index (κ1) is 13.8. The van der Waals surface area contributed by atoms with Crippen LogP contribution in [0.15, 0.2) is 42.5 Å². The van der Waals surface area contributed by atoms with E-state index in [1.54, 1.807) is 6.07 Å². The SMILES string of the molecule is CC(Cc1cccc(F)c1)Nc1cc(F)ccc1Cl. The zero-order valence-electron chi connectivity index (χ0n) is 10.5. The fourth-order valence-corrected chi connectivity index (χ4v) is 2.11. The summed E-state index contributed by atoms with van der Waals surface area (Å²) in [4.78, 5) is 0. The molecule has 0 aliphatic heterocycles. The van der Waals surface area contributed by atoms with Gasteiger partial charge in [0.1, 0.15) is 11.6 Å². The van der Waals surface area contributed by atoms with Gasteiger partial charge in [0.25, 0.3) is 0 Å². The van der Waals surface area contributed by atoms with Crippen molar-refractivity contribution in [2.75, 3.05) is 5.32 Å². The summed E-state index contributed by atoms with van der Waals surface area (Å²) in [5, 5.41) is 3.59. The van der Waals surface area contributed by atoms with Crippen LogP contribution in [0.25, 0.3) is 0 Å². The van der Waals surface area contributed by atoms with E-state index >= 15 is 0 Å². The van der Waals surface area contributed by atoms with Crippen molar-refractivity contribution >= 4 is 17.3 Å². The van der Waals surface area contributed by atoms with Gasteiger partial charge in [-0.05, 0) is 49.2 Å². The maximum atomic E-state index is 13.1. The molecule has 0 aromatic heterocycles. The van der Waals surface area contributed by atoms with Crippen molar-refractivity contribution in [1.82, 2.24) is 0 Å². The van der Waals surface area contributed by atoms with Gasteiger partial charge in [-0.3, -0.25) is 0 Å². The molecule has 0 saturated carbocycles. The molecule has 2 rings (SSSR count). The van der Waals surface area contributed by atoms with Crippen molar-refractivity contribution in [1.29, 1.82) is 0 Å². The molecule has 0 fully saturated rings. The lowest BCUT2D eigenvalue weighted by atomic mass is 10.1. The zero-order valence-corrected chi connectivity index (χ0v) is 11.2. The van der Waals surface area contributed by atoms with E-state index in [0.717, 1.165) is 5.56 Å². The van der Waals surface area contributed by atoms with E-state index in [-0.39, 0.29) is 17.7 Å². The lowest BCUT2D eigenvalue weighted by Gasteiger charge is -2.16. The maximum Gasteiger partial charge on any atom is 0.125 e. The predicted octanol–water partition coefficient (Wildman–Crippen LogP) is 4.66. The fourth-order valence-electron chi connectivity index (χ4n) is 1.94. The molecule has 0 bridgehead atoms. The molecule has 1 nitrogen and oxygen atoms in total. The molecule has 1 unspecified atom stereocenters. The van der Waals surface area contributed by atoms with E-state index in [2.05, 4.69) is 5.32 Å². The van der Waals surface area contributed by atoms with Gasteiger partial charge in [-0.25, -0.2) is 8.78 Å². The topological polar surface area (TPSA) is 12.0 Å². The highest BCUT2D eigenvalue weighted by Gasteiger charge is 2.08. The second kappa shape index (κ2) is 6.02. The normalized spacial score (nSPS) is 12.2. The molecule has 0 aliphatic rings. The Morgan fingerprint density at radius 1 is 1.11 bits per heavy atom. The van der Waals surface area contributed by atoms with Crippen molar-refractivity contribution in [2.24, 2.45) is 0 Å². The van der Waals surface area contributed by atoms with Gasteiger partial charge in [-0.15, -0.1) is 0 Å². The minimum absolute atomic E-state index is 0.0149. The molecule has 1 N–H and O–H groups in total. The molecule has 1 atom stereocenters. The van der Waals surface area contributed by atoms with Crippen LogP contribution in [0.3, 0.4) is 0 Å². The Labute approximate surface area is 116 Å². The summed E-state index contributed by atoms with van der Waals surface area (Å²) in [6.07, 6.45) is 0.630. The van der Waals surface area contributed by atoms with Crippen LogP contribution >= 0.6 is 11.6 Å². The van der Waals surface area contributed by atoms with Crippen LogP contribution in [0.4, 0.5) is 14.5 Å². The zero-order chi connectivity index (χ0) is 13.8. The molecular weight excluding hydrogens is 268 g/mol. The van der Waals surface area contributed by atoms with Crippen molar-refractivity contribution in [2.45, 2.75) is 19.4 Å². The Kier molecular flexibility index (Phi) is 4.38. The van der Waals surface area contributed by atoms with Crippen molar-refractivity contribution in [3.63, 3.8) is 0 Å². The summed E-state index contributed by atoms with van der Waals surface area (Å²) in [7, 11) is 0. The Morgan fingerprint density at radius 3 is 2.58 bits per heavy atom. The number of benzene rings is 2. The van der Waals surface area contributed by atoms with Crippen LogP contribution in [0.1, 0.15) is 12.5 Å². The number of halogens is 3. The molecule has 2 aromatic carbocycles. The Morgan fingerprint density at radius 2 is 1.84 bits per heavy atom. The van der Waals surface area contributed by atoms with Crippen LogP contribution in [-0.4, -0.2) is 6.04 Å². The van der Waals surface area contributed by atoms with Crippen LogP contribution in [0, 0.1) is 11.6 Å². The lowest BCUT2D eigenvalue weighted by Crippen LogP contribution is -2.18. The Balaban J connectivity index is 2.05. The third-order valence-corrected chi connectivity index (χ3v) is 3.09. The Bertz CT molecular complexity index is 572. The van der Waals surface area contributed by atoms with Crippen LogP contribution in [0.5, 0.6) is 0 Å². The summed E-state index contributed by atoms with van der Waals surface area (Å²) in [6.45, 7) is 1.94. The monoisotopic (exact) mass is 281 g/mol. The molecule has 0 heterocycles. The number of hydrogen-bond acceptors (Lipinski definition) is 1. The molecule has 19 heavy (non-hydrogen) atoms. The number of anilines is 1. The van der Waals surface area contributed by atoms with E-state index in [1.165, 1.54) is 30.3 Å². The molecule has 0 amide bonds. The van der Waals surface area contributed by atoms with Crippen LogP contribution in [-0.2, 0) is 6.42 Å². The lowest BCUT2D eigenvalue weighted by molar-refractivity contribution is 0.623. The average Bonchev–Trinajstić information content (AvgIpc) is 2.34. The highest BCUT2D eigenvalue weighted by Crippen LogP contribution is 2.23. The van der Waals surface area contributed by atoms with Gasteiger partial charge in [0.05, 0.1) is 10.7 Å². The van der Waals surface area contributed by atoms with Gasteiger partial charge in [-0.2, -0.15) is 0 Å². The first-order valence-corrected chi connectivity index (χ1v) is 6.38. The quantitative estimate of drug-likeness (QED) is 0.859. The molecular formula is C15H14ClF2N. The molecule has 0 saturated heterocycles. The second-order valence-corrected chi connectivity index (χ2v) is 4.91. The molecule has 4 heteroatoms.